The van der Waals surface area contributed by atoms with Crippen LogP contribution in [0, 0.1) is 6.92 Å². The Labute approximate surface area is 149 Å². The minimum absolute atomic E-state index is 0.177. The Morgan fingerprint density at radius 2 is 1.96 bits per heavy atom. The Balaban J connectivity index is 2.18. The van der Waals surface area contributed by atoms with Crippen molar-refractivity contribution in [1.29, 1.82) is 0 Å². The van der Waals surface area contributed by atoms with Gasteiger partial charge in [0, 0.05) is 15.4 Å². The molecule has 24 heavy (non-hydrogen) atoms. The first kappa shape index (κ1) is 16.4. The van der Waals surface area contributed by atoms with Crippen LogP contribution < -0.4 is 0 Å². The Morgan fingerprint density at radius 1 is 1.21 bits per heavy atom. The lowest BCUT2D eigenvalue weighted by Gasteiger charge is -2.10. The van der Waals surface area contributed by atoms with Crippen molar-refractivity contribution in [3.8, 4) is 11.3 Å². The smallest absolute Gasteiger partial charge is 0.339 e. The molecule has 0 bridgehead atoms. The van der Waals surface area contributed by atoms with Crippen molar-refractivity contribution in [3.63, 3.8) is 0 Å². The van der Waals surface area contributed by atoms with Crippen LogP contribution in [0.1, 0.15) is 15.9 Å². The molecule has 4 heteroatoms. The number of ether oxygens (including phenoxy) is 1. The van der Waals surface area contributed by atoms with E-state index in [1.54, 1.807) is 12.1 Å². The van der Waals surface area contributed by atoms with E-state index < -0.39 is 0 Å². The fraction of sp³-hybridized carbons (Fsp3) is 0.100. The maximum atomic E-state index is 12.5. The van der Waals surface area contributed by atoms with Crippen molar-refractivity contribution in [3.05, 3.63) is 76.8 Å². The highest BCUT2D eigenvalue weighted by atomic mass is 79.9. The molecule has 0 saturated heterocycles. The van der Waals surface area contributed by atoms with Crippen molar-refractivity contribution in [2.45, 2.75) is 6.92 Å². The number of hydrogen-bond donors (Lipinski definition) is 0. The summed E-state index contributed by atoms with van der Waals surface area (Å²) in [5.74, 6) is -0.381. The molecule has 0 radical (unpaired) electrons. The molecule has 120 valence electrons. The van der Waals surface area contributed by atoms with E-state index in [9.17, 15) is 4.79 Å². The number of hydrogen-bond acceptors (Lipinski definition) is 3. The Hall–Kier alpha value is -2.46. The summed E-state index contributed by atoms with van der Waals surface area (Å²) in [6.45, 7) is 5.79. The van der Waals surface area contributed by atoms with Gasteiger partial charge in [-0.25, -0.2) is 9.78 Å². The number of carbonyl (C=O) groups excluding carboxylic acids is 1. The molecule has 2 aromatic carbocycles. The van der Waals surface area contributed by atoms with E-state index in [1.165, 1.54) is 5.56 Å². The molecule has 3 nitrogen and oxygen atoms in total. The van der Waals surface area contributed by atoms with Gasteiger partial charge in [-0.15, -0.1) is 0 Å². The van der Waals surface area contributed by atoms with Gasteiger partial charge in [0.1, 0.15) is 6.61 Å². The van der Waals surface area contributed by atoms with Crippen LogP contribution >= 0.6 is 15.9 Å². The average Bonchev–Trinajstić information content (AvgIpc) is 2.59. The molecule has 1 heterocycles. The van der Waals surface area contributed by atoms with Gasteiger partial charge >= 0.3 is 5.97 Å². The normalized spacial score (nSPS) is 10.6. The molecule has 0 spiro atoms. The number of halogens is 1. The summed E-state index contributed by atoms with van der Waals surface area (Å²) >= 11 is 3.44. The lowest BCUT2D eigenvalue weighted by Crippen LogP contribution is -2.07. The fourth-order valence-electron chi connectivity index (χ4n) is 2.45. The van der Waals surface area contributed by atoms with Gasteiger partial charge in [0.05, 0.1) is 16.8 Å². The number of aryl methyl sites for hydroxylation is 1. The zero-order valence-corrected chi connectivity index (χ0v) is 14.8. The Bertz CT molecular complexity index is 917. The zero-order valence-electron chi connectivity index (χ0n) is 13.3. The number of esters is 1. The Morgan fingerprint density at radius 3 is 2.67 bits per heavy atom. The highest BCUT2D eigenvalue weighted by Crippen LogP contribution is 2.28. The third kappa shape index (κ3) is 3.39. The first-order valence-corrected chi connectivity index (χ1v) is 8.33. The van der Waals surface area contributed by atoms with Gasteiger partial charge in [0.25, 0.3) is 0 Å². The third-order valence-electron chi connectivity index (χ3n) is 3.67. The standard InChI is InChI=1S/C20H16BrNO2/c1-3-10-24-20(23)17-12-19(14-6-4-13(2)5-7-14)22-18-9-8-15(21)11-16(17)18/h3-9,11-12H,1,10H2,2H3. The molecule has 3 aromatic rings. The van der Waals surface area contributed by atoms with Crippen molar-refractivity contribution in [2.24, 2.45) is 0 Å². The van der Waals surface area contributed by atoms with Gasteiger partial charge in [0.2, 0.25) is 0 Å². The predicted molar refractivity (Wildman–Crippen MR) is 100 cm³/mol. The summed E-state index contributed by atoms with van der Waals surface area (Å²) in [5.41, 5.74) is 4.13. The number of aromatic nitrogens is 1. The number of nitrogens with zero attached hydrogens (tertiary/aromatic N) is 1. The van der Waals surface area contributed by atoms with Crippen molar-refractivity contribution in [2.75, 3.05) is 6.61 Å². The molecular weight excluding hydrogens is 366 g/mol. The predicted octanol–water partition coefficient (Wildman–Crippen LogP) is 5.32. The van der Waals surface area contributed by atoms with Gasteiger partial charge in [-0.05, 0) is 31.2 Å². The molecule has 0 aliphatic heterocycles. The monoisotopic (exact) mass is 381 g/mol. The van der Waals surface area contributed by atoms with Crippen LogP contribution in [0.25, 0.3) is 22.2 Å². The highest BCUT2D eigenvalue weighted by Gasteiger charge is 2.15. The highest BCUT2D eigenvalue weighted by molar-refractivity contribution is 9.10. The molecule has 0 fully saturated rings. The van der Waals surface area contributed by atoms with Gasteiger partial charge in [0.15, 0.2) is 0 Å². The largest absolute Gasteiger partial charge is 0.458 e. The summed E-state index contributed by atoms with van der Waals surface area (Å²) in [4.78, 5) is 17.1. The molecule has 1 aromatic heterocycles. The van der Waals surface area contributed by atoms with Crippen molar-refractivity contribution < 1.29 is 9.53 Å². The minimum Gasteiger partial charge on any atom is -0.458 e. The summed E-state index contributed by atoms with van der Waals surface area (Å²) in [6.07, 6.45) is 1.55. The quantitative estimate of drug-likeness (QED) is 0.453. The second-order valence-electron chi connectivity index (χ2n) is 5.47. The van der Waals surface area contributed by atoms with Crippen LogP contribution in [0.3, 0.4) is 0 Å². The van der Waals surface area contributed by atoms with Crippen LogP contribution in [-0.2, 0) is 4.74 Å². The maximum Gasteiger partial charge on any atom is 0.339 e. The maximum absolute atomic E-state index is 12.5. The summed E-state index contributed by atoms with van der Waals surface area (Å²) in [5, 5.41) is 0.759. The number of fused-ring (bicyclic) bond motifs is 1. The fourth-order valence-corrected chi connectivity index (χ4v) is 2.81. The summed E-state index contributed by atoms with van der Waals surface area (Å²) in [7, 11) is 0. The van der Waals surface area contributed by atoms with Crippen molar-refractivity contribution in [1.82, 2.24) is 4.98 Å². The summed E-state index contributed by atoms with van der Waals surface area (Å²) in [6, 6.07) is 15.5. The number of benzene rings is 2. The van der Waals surface area contributed by atoms with Crippen LogP contribution in [0.2, 0.25) is 0 Å². The molecule has 0 atom stereocenters. The van der Waals surface area contributed by atoms with Gasteiger partial charge in [-0.2, -0.15) is 0 Å². The molecule has 0 amide bonds. The number of rotatable bonds is 4. The van der Waals surface area contributed by atoms with E-state index in [0.717, 1.165) is 26.6 Å². The molecule has 3 rings (SSSR count). The topological polar surface area (TPSA) is 39.2 Å². The molecule has 0 aliphatic rings. The van der Waals surface area contributed by atoms with Gasteiger partial charge < -0.3 is 4.74 Å². The molecule has 0 saturated carbocycles. The zero-order chi connectivity index (χ0) is 17.1. The first-order valence-electron chi connectivity index (χ1n) is 7.54. The second kappa shape index (κ2) is 6.97. The van der Waals surface area contributed by atoms with E-state index in [4.69, 9.17) is 9.72 Å². The molecule has 0 N–H and O–H groups in total. The SMILES string of the molecule is C=CCOC(=O)c1cc(-c2ccc(C)cc2)nc2ccc(Br)cc12. The Kier molecular flexibility index (Phi) is 4.76. The van der Waals surface area contributed by atoms with Crippen molar-refractivity contribution >= 4 is 32.8 Å². The number of carbonyl (C=O) groups is 1. The lowest BCUT2D eigenvalue weighted by molar-refractivity contribution is 0.0552. The van der Waals surface area contributed by atoms with E-state index in [1.807, 2.05) is 49.4 Å². The van der Waals surface area contributed by atoms with Gasteiger partial charge in [-0.1, -0.05) is 58.4 Å². The second-order valence-corrected chi connectivity index (χ2v) is 6.39. The average molecular weight is 382 g/mol. The number of pyridine rings is 1. The molecule has 0 unspecified atom stereocenters. The lowest BCUT2D eigenvalue weighted by atomic mass is 10.0. The van der Waals surface area contributed by atoms with Crippen LogP contribution in [0.5, 0.6) is 0 Å². The van der Waals surface area contributed by atoms with Crippen LogP contribution in [0.4, 0.5) is 0 Å². The third-order valence-corrected chi connectivity index (χ3v) is 4.16. The van der Waals surface area contributed by atoms with Crippen LogP contribution in [0.15, 0.2) is 65.7 Å². The first-order chi connectivity index (χ1) is 11.6. The molecule has 0 aliphatic carbocycles. The minimum atomic E-state index is -0.381. The van der Waals surface area contributed by atoms with E-state index in [-0.39, 0.29) is 12.6 Å². The summed E-state index contributed by atoms with van der Waals surface area (Å²) < 4.78 is 6.12. The van der Waals surface area contributed by atoms with Crippen LogP contribution in [-0.4, -0.2) is 17.6 Å². The van der Waals surface area contributed by atoms with E-state index in [2.05, 4.69) is 22.5 Å². The van der Waals surface area contributed by atoms with E-state index >= 15 is 0 Å². The molecular formula is C20H16BrNO2. The van der Waals surface area contributed by atoms with Gasteiger partial charge in [-0.3, -0.25) is 0 Å². The van der Waals surface area contributed by atoms with E-state index in [0.29, 0.717) is 5.56 Å².